The molecule has 1 fully saturated rings. The maximum atomic E-state index is 12.2. The number of aliphatic hydroxyl groups excluding tert-OH is 1. The first kappa shape index (κ1) is 24.2. The molecule has 2 aromatic heterocycles. The predicted molar refractivity (Wildman–Crippen MR) is 116 cm³/mol. The molecule has 0 spiro atoms. The summed E-state index contributed by atoms with van der Waals surface area (Å²) in [7, 11) is -0.683. The van der Waals surface area contributed by atoms with Gasteiger partial charge in [0.1, 0.15) is 25.0 Å². The molecule has 0 aliphatic carbocycles. The van der Waals surface area contributed by atoms with Crippen molar-refractivity contribution in [3.63, 3.8) is 0 Å². The molecule has 1 saturated heterocycles. The zero-order valence-corrected chi connectivity index (χ0v) is 19.4. The van der Waals surface area contributed by atoms with Crippen molar-refractivity contribution in [3.05, 3.63) is 6.33 Å². The van der Waals surface area contributed by atoms with Gasteiger partial charge in [-0.15, -0.1) is 4.52 Å². The van der Waals surface area contributed by atoms with Crippen LogP contribution in [0.15, 0.2) is 6.33 Å². The van der Waals surface area contributed by atoms with Gasteiger partial charge in [-0.2, -0.15) is 9.97 Å². The van der Waals surface area contributed by atoms with Gasteiger partial charge in [-0.3, -0.25) is 9.36 Å². The van der Waals surface area contributed by atoms with Crippen LogP contribution in [-0.2, 0) is 23.4 Å². The number of aromatic nitrogens is 4. The lowest BCUT2D eigenvalue weighted by Crippen LogP contribution is -2.33. The zero-order chi connectivity index (χ0) is 23.6. The number of rotatable bonds is 9. The number of esters is 1. The lowest BCUT2D eigenvalue weighted by atomic mass is 10.0. The molecule has 0 radical (unpaired) electrons. The zero-order valence-electron chi connectivity index (χ0n) is 18.6. The fourth-order valence-corrected chi connectivity index (χ4v) is 4.14. The van der Waals surface area contributed by atoms with E-state index >= 15 is 0 Å². The predicted octanol–water partition coefficient (Wildman–Crippen LogP) is 0.948. The molecule has 0 amide bonds. The molecule has 1 aliphatic rings. The van der Waals surface area contributed by atoms with Crippen LogP contribution in [0.25, 0.3) is 11.2 Å². The Hall–Kier alpha value is -2.44. The number of nitrogens with two attached hydrogens (primary N) is 1. The Morgan fingerprint density at radius 1 is 1.41 bits per heavy atom. The highest BCUT2D eigenvalue weighted by molar-refractivity contribution is 7.36. The van der Waals surface area contributed by atoms with Crippen LogP contribution in [0.5, 0.6) is 0 Å². The van der Waals surface area contributed by atoms with Crippen LogP contribution in [0.3, 0.4) is 0 Å². The number of aliphatic hydroxyl groups is 1. The number of nitrogen functional groups attached to an aromatic ring is 1. The fraction of sp³-hybridized carbons (Fsp3) is 0.667. The Morgan fingerprint density at radius 3 is 2.78 bits per heavy atom. The van der Waals surface area contributed by atoms with Gasteiger partial charge in [0.2, 0.25) is 5.95 Å². The summed E-state index contributed by atoms with van der Waals surface area (Å²) >= 11 is 0. The van der Waals surface area contributed by atoms with Crippen LogP contribution < -0.4 is 16.1 Å². The minimum Gasteiger partial charge on any atom is -0.462 e. The second-order valence-corrected chi connectivity index (χ2v) is 8.84. The monoisotopic (exact) mass is 470 g/mol. The molecule has 3 rings (SSSR count). The normalized spacial score (nSPS) is 24.7. The van der Waals surface area contributed by atoms with Gasteiger partial charge in [0.15, 0.2) is 17.0 Å². The van der Waals surface area contributed by atoms with Gasteiger partial charge in [-0.05, 0) is 25.3 Å². The van der Waals surface area contributed by atoms with Crippen molar-refractivity contribution in [3.8, 4) is 0 Å². The van der Waals surface area contributed by atoms with Gasteiger partial charge < -0.3 is 25.6 Å². The van der Waals surface area contributed by atoms with Crippen LogP contribution in [-0.4, -0.2) is 68.6 Å². The highest BCUT2D eigenvalue weighted by atomic mass is 31.1. The van der Waals surface area contributed by atoms with Gasteiger partial charge in [0.25, 0.3) is 0 Å². The third kappa shape index (κ3) is 5.13. The molecule has 5 N–H and O–H groups in total. The number of hydrogen-bond acceptors (Lipinski definition) is 11. The lowest BCUT2D eigenvalue weighted by molar-refractivity contribution is -0.149. The summed E-state index contributed by atoms with van der Waals surface area (Å²) in [5.41, 5.74) is 6.77. The van der Waals surface area contributed by atoms with Crippen molar-refractivity contribution in [2.75, 3.05) is 24.7 Å². The number of ether oxygens (including phenoxy) is 2. The smallest absolute Gasteiger partial charge is 0.462 e. The molecule has 2 aromatic rings. The molecule has 0 bridgehead atoms. The molecule has 1 aliphatic heterocycles. The number of imidazole rings is 1. The van der Waals surface area contributed by atoms with Crippen molar-refractivity contribution in [2.45, 2.75) is 58.3 Å². The van der Waals surface area contributed by atoms with E-state index in [-0.39, 0.29) is 24.6 Å². The number of nitrogens with zero attached hydrogens (tertiary/aromatic N) is 4. The van der Waals surface area contributed by atoms with E-state index in [0.717, 1.165) is 0 Å². The summed E-state index contributed by atoms with van der Waals surface area (Å²) in [6, 6.07) is -0.814. The third-order valence-corrected chi connectivity index (χ3v) is 5.98. The van der Waals surface area contributed by atoms with Crippen LogP contribution in [0, 0.1) is 5.92 Å². The number of nitrogens with one attached hydrogen (secondary N) is 2. The molecule has 2 unspecified atom stereocenters. The van der Waals surface area contributed by atoms with Crippen LogP contribution in [0.1, 0.15) is 33.9 Å². The van der Waals surface area contributed by atoms with Gasteiger partial charge in [-0.1, -0.05) is 12.0 Å². The third-order valence-electron chi connectivity index (χ3n) is 4.99. The second kappa shape index (κ2) is 10.0. The first-order valence-electron chi connectivity index (χ1n) is 10.2. The minimum atomic E-state index is -2.38. The van der Waals surface area contributed by atoms with Crippen molar-refractivity contribution in [1.29, 1.82) is 0 Å². The first-order chi connectivity index (χ1) is 15.1. The average Bonchev–Trinajstić information content (AvgIpc) is 3.26. The van der Waals surface area contributed by atoms with Crippen LogP contribution in [0.4, 0.5) is 11.8 Å². The summed E-state index contributed by atoms with van der Waals surface area (Å²) in [4.78, 5) is 24.5. The Kier molecular flexibility index (Phi) is 7.57. The number of fused-ring (bicyclic) bond motifs is 1. The second-order valence-electron chi connectivity index (χ2n) is 7.81. The number of carbonyl (C=O) groups is 1. The standard InChI is InChI=1S/C18H29N7O6P/c1-8(2)30-17(27)10(4)24-32(28)29-6-11-13(26)9(3)16(31-11)25-7-21-12-14(20-5)22-18(19)23-15(12)25/h7-11,13,16,26H,6H2,1-5H3,(H,24,28)(H3,19,20,22,23)/q+1/t9-,10-,11?,13-,16+/m0/s1. The van der Waals surface area contributed by atoms with Crippen LogP contribution in [0.2, 0.25) is 0 Å². The first-order valence-corrected chi connectivity index (χ1v) is 11.4. The summed E-state index contributed by atoms with van der Waals surface area (Å²) in [5, 5.41) is 16.1. The summed E-state index contributed by atoms with van der Waals surface area (Å²) in [6.07, 6.45) is -0.995. The SMILES string of the molecule is CNc1nc(N)nc2c1ncn2[C@@H]1OC(CO[P+](=O)N[C@@H](C)C(=O)OC(C)C)[C@@H](O)[C@@H]1C. The van der Waals surface area contributed by atoms with E-state index in [4.69, 9.17) is 19.7 Å². The Labute approximate surface area is 186 Å². The Bertz CT molecular complexity index is 986. The molecule has 32 heavy (non-hydrogen) atoms. The number of hydrogen-bond donors (Lipinski definition) is 4. The van der Waals surface area contributed by atoms with E-state index in [9.17, 15) is 14.5 Å². The lowest BCUT2D eigenvalue weighted by Gasteiger charge is -2.17. The number of carbonyl (C=O) groups excluding carboxylic acids is 1. The van der Waals surface area contributed by atoms with E-state index < -0.39 is 38.6 Å². The largest absolute Gasteiger partial charge is 0.613 e. The maximum Gasteiger partial charge on any atom is 0.613 e. The van der Waals surface area contributed by atoms with Crippen molar-refractivity contribution < 1.29 is 28.5 Å². The van der Waals surface area contributed by atoms with E-state index in [1.807, 2.05) is 6.92 Å². The molecule has 0 saturated carbocycles. The Morgan fingerprint density at radius 2 is 2.12 bits per heavy atom. The Balaban J connectivity index is 1.65. The highest BCUT2D eigenvalue weighted by Gasteiger charge is 2.44. The van der Waals surface area contributed by atoms with E-state index in [2.05, 4.69) is 25.4 Å². The van der Waals surface area contributed by atoms with Gasteiger partial charge in [0, 0.05) is 13.0 Å². The molecule has 14 heteroatoms. The van der Waals surface area contributed by atoms with E-state index in [0.29, 0.717) is 17.0 Å². The van der Waals surface area contributed by atoms with Gasteiger partial charge in [0.05, 0.1) is 18.5 Å². The topological polar surface area (TPSA) is 176 Å². The molecule has 6 atom stereocenters. The van der Waals surface area contributed by atoms with E-state index in [1.54, 1.807) is 31.8 Å². The quantitative estimate of drug-likeness (QED) is 0.302. The molecule has 176 valence electrons. The van der Waals surface area contributed by atoms with Gasteiger partial charge in [-0.25, -0.2) is 4.98 Å². The minimum absolute atomic E-state index is 0.0721. The molecule has 0 aromatic carbocycles. The molecule has 13 nitrogen and oxygen atoms in total. The van der Waals surface area contributed by atoms with Crippen molar-refractivity contribution in [2.24, 2.45) is 5.92 Å². The summed E-state index contributed by atoms with van der Waals surface area (Å²) < 4.78 is 30.2. The van der Waals surface area contributed by atoms with Crippen LogP contribution >= 0.6 is 8.18 Å². The highest BCUT2D eigenvalue weighted by Crippen LogP contribution is 2.37. The molecule has 3 heterocycles. The maximum absolute atomic E-state index is 12.2. The van der Waals surface area contributed by atoms with Crippen molar-refractivity contribution in [1.82, 2.24) is 24.6 Å². The van der Waals surface area contributed by atoms with Crippen molar-refractivity contribution >= 4 is 37.1 Å². The summed E-state index contributed by atoms with van der Waals surface area (Å²) in [6.45, 7) is 6.63. The average molecular weight is 470 g/mol. The van der Waals surface area contributed by atoms with E-state index in [1.165, 1.54) is 6.92 Å². The fourth-order valence-electron chi connectivity index (χ4n) is 3.37. The summed E-state index contributed by atoms with van der Waals surface area (Å²) in [5.74, 6) is -0.332. The molecular formula is C18H29N7O6P+. The van der Waals surface area contributed by atoms with Gasteiger partial charge >= 0.3 is 14.1 Å². The number of anilines is 2. The molecular weight excluding hydrogens is 441 g/mol.